The normalized spacial score (nSPS) is 12.1. The average molecular weight is 357 g/mol. The Morgan fingerprint density at radius 3 is 2.27 bits per heavy atom. The predicted molar refractivity (Wildman–Crippen MR) is 100 cm³/mol. The minimum atomic E-state index is -0.706. The first kappa shape index (κ1) is 19.8. The summed E-state index contributed by atoms with van der Waals surface area (Å²) in [6.07, 6.45) is 0.621. The molecule has 0 spiro atoms. The van der Waals surface area contributed by atoms with E-state index in [2.05, 4.69) is 38.2 Å². The fraction of sp³-hybridized carbons (Fsp3) is 0.429. The van der Waals surface area contributed by atoms with Crippen molar-refractivity contribution in [2.45, 2.75) is 47.1 Å². The second-order valence-corrected chi connectivity index (χ2v) is 7.04. The highest BCUT2D eigenvalue weighted by Crippen LogP contribution is 2.21. The van der Waals surface area contributed by atoms with E-state index in [0.29, 0.717) is 12.2 Å². The summed E-state index contributed by atoms with van der Waals surface area (Å²) in [5, 5.41) is 2.68. The molecule has 0 saturated heterocycles. The molecule has 26 heavy (non-hydrogen) atoms. The molecule has 0 aliphatic carbocycles. The first-order valence-electron chi connectivity index (χ1n) is 8.77. The van der Waals surface area contributed by atoms with Gasteiger partial charge in [-0.3, -0.25) is 4.79 Å². The molecule has 1 N–H and O–H groups in total. The van der Waals surface area contributed by atoms with Crippen molar-refractivity contribution in [3.05, 3.63) is 58.0 Å². The van der Waals surface area contributed by atoms with Crippen molar-refractivity contribution < 1.29 is 18.7 Å². The third kappa shape index (κ3) is 4.54. The zero-order chi connectivity index (χ0) is 19.4. The standard InChI is InChI=1S/C21H27NO4/c1-12(2)19(21(24)25-6)22-20(23)18-8-7-16(26-18)11-17-14(4)9-13(3)10-15(17)5/h7-10,12,19H,11H2,1-6H3,(H,22,23). The highest BCUT2D eigenvalue weighted by Gasteiger charge is 2.26. The van der Waals surface area contributed by atoms with Gasteiger partial charge in [0.05, 0.1) is 7.11 Å². The van der Waals surface area contributed by atoms with Gasteiger partial charge in [0.2, 0.25) is 0 Å². The van der Waals surface area contributed by atoms with Crippen LogP contribution in [0.3, 0.4) is 0 Å². The number of furan rings is 1. The van der Waals surface area contributed by atoms with Crippen molar-refractivity contribution in [1.29, 1.82) is 0 Å². The summed E-state index contributed by atoms with van der Waals surface area (Å²) in [7, 11) is 1.31. The maximum absolute atomic E-state index is 12.4. The minimum absolute atomic E-state index is 0.0845. The fourth-order valence-corrected chi connectivity index (χ4v) is 3.10. The van der Waals surface area contributed by atoms with E-state index in [-0.39, 0.29) is 11.7 Å². The Hall–Kier alpha value is -2.56. The van der Waals surface area contributed by atoms with Crippen molar-refractivity contribution in [1.82, 2.24) is 5.32 Å². The second-order valence-electron chi connectivity index (χ2n) is 7.04. The molecule has 2 rings (SSSR count). The second kappa shape index (κ2) is 8.21. The molecular weight excluding hydrogens is 330 g/mol. The molecule has 1 unspecified atom stereocenters. The van der Waals surface area contributed by atoms with Crippen molar-refractivity contribution >= 4 is 11.9 Å². The van der Waals surface area contributed by atoms with E-state index in [1.807, 2.05) is 13.8 Å². The summed E-state index contributed by atoms with van der Waals surface area (Å²) in [5.74, 6) is -0.0660. The number of carbonyl (C=O) groups is 2. The quantitative estimate of drug-likeness (QED) is 0.800. The van der Waals surface area contributed by atoms with E-state index in [9.17, 15) is 9.59 Å². The summed E-state index contributed by atoms with van der Waals surface area (Å²) >= 11 is 0. The maximum Gasteiger partial charge on any atom is 0.328 e. The topological polar surface area (TPSA) is 68.5 Å². The monoisotopic (exact) mass is 357 g/mol. The lowest BCUT2D eigenvalue weighted by Gasteiger charge is -2.19. The van der Waals surface area contributed by atoms with E-state index in [1.54, 1.807) is 12.1 Å². The van der Waals surface area contributed by atoms with Gasteiger partial charge in [-0.15, -0.1) is 0 Å². The van der Waals surface area contributed by atoms with Crippen LogP contribution in [0.1, 0.15) is 52.4 Å². The zero-order valence-electron chi connectivity index (χ0n) is 16.3. The number of ether oxygens (including phenoxy) is 1. The number of carbonyl (C=O) groups excluding carboxylic acids is 2. The summed E-state index contributed by atoms with van der Waals surface area (Å²) in [5.41, 5.74) is 4.84. The molecule has 1 aromatic carbocycles. The Kier molecular flexibility index (Phi) is 6.24. The number of methoxy groups -OCH3 is 1. The third-order valence-electron chi connectivity index (χ3n) is 4.49. The molecule has 0 aliphatic rings. The fourth-order valence-electron chi connectivity index (χ4n) is 3.10. The van der Waals surface area contributed by atoms with Gasteiger partial charge in [0.25, 0.3) is 5.91 Å². The number of nitrogens with one attached hydrogen (secondary N) is 1. The van der Waals surface area contributed by atoms with Gasteiger partial charge >= 0.3 is 5.97 Å². The van der Waals surface area contributed by atoms with Crippen molar-refractivity contribution in [2.75, 3.05) is 7.11 Å². The lowest BCUT2D eigenvalue weighted by atomic mass is 9.97. The molecule has 0 aliphatic heterocycles. The van der Waals surface area contributed by atoms with Crippen molar-refractivity contribution in [3.63, 3.8) is 0 Å². The van der Waals surface area contributed by atoms with Crippen LogP contribution in [0.5, 0.6) is 0 Å². The summed E-state index contributed by atoms with van der Waals surface area (Å²) in [4.78, 5) is 24.2. The molecule has 0 bridgehead atoms. The molecule has 1 atom stereocenters. The van der Waals surface area contributed by atoms with E-state index in [1.165, 1.54) is 29.4 Å². The van der Waals surface area contributed by atoms with Crippen LogP contribution in [0.25, 0.3) is 0 Å². The summed E-state index contributed by atoms with van der Waals surface area (Å²) in [6, 6.07) is 7.02. The van der Waals surface area contributed by atoms with Crippen LogP contribution in [0.2, 0.25) is 0 Å². The van der Waals surface area contributed by atoms with Crippen LogP contribution in [0, 0.1) is 26.7 Å². The van der Waals surface area contributed by atoms with Gasteiger partial charge in [-0.2, -0.15) is 0 Å². The smallest absolute Gasteiger partial charge is 0.328 e. The van der Waals surface area contributed by atoms with Crippen molar-refractivity contribution in [3.8, 4) is 0 Å². The molecule has 1 aromatic heterocycles. The molecule has 0 fully saturated rings. The Morgan fingerprint density at radius 2 is 1.73 bits per heavy atom. The highest BCUT2D eigenvalue weighted by molar-refractivity contribution is 5.94. The van der Waals surface area contributed by atoms with Gasteiger partial charge in [0.1, 0.15) is 11.8 Å². The van der Waals surface area contributed by atoms with Gasteiger partial charge in [0, 0.05) is 6.42 Å². The van der Waals surface area contributed by atoms with Crippen LogP contribution in [0.4, 0.5) is 0 Å². The molecule has 2 aromatic rings. The number of esters is 1. The predicted octanol–water partition coefficient (Wildman–Crippen LogP) is 3.72. The van der Waals surface area contributed by atoms with Gasteiger partial charge in [-0.05, 0) is 55.5 Å². The van der Waals surface area contributed by atoms with Crippen LogP contribution in [-0.2, 0) is 16.0 Å². The summed E-state index contributed by atoms with van der Waals surface area (Å²) < 4.78 is 10.5. The number of hydrogen-bond acceptors (Lipinski definition) is 4. The van der Waals surface area contributed by atoms with Crippen LogP contribution in [0.15, 0.2) is 28.7 Å². The minimum Gasteiger partial charge on any atom is -0.467 e. The molecule has 1 heterocycles. The Morgan fingerprint density at radius 1 is 1.12 bits per heavy atom. The lowest BCUT2D eigenvalue weighted by molar-refractivity contribution is -0.144. The zero-order valence-corrected chi connectivity index (χ0v) is 16.3. The SMILES string of the molecule is COC(=O)C(NC(=O)c1ccc(Cc2c(C)cc(C)cc2C)o1)C(C)C. The molecule has 0 saturated carbocycles. The highest BCUT2D eigenvalue weighted by atomic mass is 16.5. The molecule has 1 amide bonds. The van der Waals surface area contributed by atoms with Crippen LogP contribution < -0.4 is 5.32 Å². The lowest BCUT2D eigenvalue weighted by Crippen LogP contribution is -2.44. The number of aryl methyl sites for hydroxylation is 3. The Balaban J connectivity index is 2.14. The largest absolute Gasteiger partial charge is 0.467 e. The first-order valence-corrected chi connectivity index (χ1v) is 8.77. The summed E-state index contributed by atoms with van der Waals surface area (Å²) in [6.45, 7) is 9.92. The van der Waals surface area contributed by atoms with Gasteiger partial charge in [-0.1, -0.05) is 31.5 Å². The molecule has 0 radical (unpaired) electrons. The van der Waals surface area contributed by atoms with Crippen LogP contribution >= 0.6 is 0 Å². The number of hydrogen-bond donors (Lipinski definition) is 1. The Labute approximate surface area is 154 Å². The maximum atomic E-state index is 12.4. The molecule has 5 heteroatoms. The van der Waals surface area contributed by atoms with Crippen LogP contribution in [-0.4, -0.2) is 25.0 Å². The van der Waals surface area contributed by atoms with Crippen molar-refractivity contribution in [2.24, 2.45) is 5.92 Å². The average Bonchev–Trinajstić information content (AvgIpc) is 3.03. The van der Waals surface area contributed by atoms with Gasteiger partial charge in [0.15, 0.2) is 5.76 Å². The Bertz CT molecular complexity index is 781. The third-order valence-corrected chi connectivity index (χ3v) is 4.49. The van der Waals surface area contributed by atoms with E-state index in [0.717, 1.165) is 0 Å². The van der Waals surface area contributed by atoms with E-state index >= 15 is 0 Å². The first-order chi connectivity index (χ1) is 12.2. The van der Waals surface area contributed by atoms with E-state index in [4.69, 9.17) is 9.15 Å². The molecule has 140 valence electrons. The molecular formula is C21H27NO4. The van der Waals surface area contributed by atoms with Gasteiger partial charge < -0.3 is 14.5 Å². The van der Waals surface area contributed by atoms with Gasteiger partial charge in [-0.25, -0.2) is 4.79 Å². The number of rotatable bonds is 6. The molecule has 5 nitrogen and oxygen atoms in total. The number of amides is 1. The number of benzene rings is 1. The van der Waals surface area contributed by atoms with E-state index < -0.39 is 17.9 Å².